The first kappa shape index (κ1) is 31.2. The molecule has 0 aromatic heterocycles. The fourth-order valence-electron chi connectivity index (χ4n) is 3.74. The Morgan fingerprint density at radius 1 is 1.05 bits per heavy atom. The van der Waals surface area contributed by atoms with E-state index >= 15 is 0 Å². The van der Waals surface area contributed by atoms with Gasteiger partial charge in [-0.3, -0.25) is 13.9 Å². The molecule has 0 radical (unpaired) electrons. The number of sulfonamides is 1. The zero-order chi connectivity index (χ0) is 27.9. The van der Waals surface area contributed by atoms with Crippen molar-refractivity contribution in [1.82, 2.24) is 10.2 Å². The molecule has 0 aliphatic carbocycles. The molecule has 2 atom stereocenters. The van der Waals surface area contributed by atoms with Crippen LogP contribution in [0.3, 0.4) is 0 Å². The largest absolute Gasteiger partial charge is 0.352 e. The van der Waals surface area contributed by atoms with Crippen LogP contribution in [0.2, 0.25) is 15.1 Å². The van der Waals surface area contributed by atoms with E-state index in [-0.39, 0.29) is 43.8 Å². The number of amides is 2. The van der Waals surface area contributed by atoms with Gasteiger partial charge < -0.3 is 10.2 Å². The van der Waals surface area contributed by atoms with Gasteiger partial charge in [0.25, 0.3) is 0 Å². The molecule has 2 amide bonds. The number of aryl methyl sites for hydroxylation is 1. The molecule has 0 spiro atoms. The minimum Gasteiger partial charge on any atom is -0.352 e. The second kappa shape index (κ2) is 13.7. The molecule has 0 aliphatic rings. The standard InChI is InChI=1S/C26H34Cl3N3O4S/c1-6-18(3)30-26(34)19(4)31(16-21-22(28)9-7-10-23(21)29)25(33)11-8-14-32(37(5,35)36)24-15-20(27)13-12-17(24)2/h7,9-10,12-13,15,18-19H,6,8,11,14,16H2,1-5H3,(H,30,34)/t18-,19+/m0/s1. The minimum absolute atomic E-state index is 0.00859. The zero-order valence-corrected chi connectivity index (χ0v) is 24.8. The molecule has 1 N–H and O–H groups in total. The monoisotopic (exact) mass is 589 g/mol. The van der Waals surface area contributed by atoms with Crippen LogP contribution in [0.5, 0.6) is 0 Å². The van der Waals surface area contributed by atoms with E-state index in [4.69, 9.17) is 34.8 Å². The average Bonchev–Trinajstić information content (AvgIpc) is 2.82. The molecule has 0 aliphatic heterocycles. The first-order chi connectivity index (χ1) is 17.3. The van der Waals surface area contributed by atoms with Crippen LogP contribution < -0.4 is 9.62 Å². The minimum atomic E-state index is -3.63. The first-order valence-corrected chi connectivity index (χ1v) is 15.0. The molecule has 0 unspecified atom stereocenters. The van der Waals surface area contributed by atoms with E-state index in [0.29, 0.717) is 26.3 Å². The predicted octanol–water partition coefficient (Wildman–Crippen LogP) is 5.83. The van der Waals surface area contributed by atoms with E-state index in [1.807, 2.05) is 13.8 Å². The molecule has 37 heavy (non-hydrogen) atoms. The van der Waals surface area contributed by atoms with E-state index in [1.54, 1.807) is 50.2 Å². The maximum absolute atomic E-state index is 13.4. The quantitative estimate of drug-likeness (QED) is 0.337. The molecule has 0 saturated carbocycles. The van der Waals surface area contributed by atoms with Crippen LogP contribution in [-0.2, 0) is 26.2 Å². The van der Waals surface area contributed by atoms with Gasteiger partial charge in [0.2, 0.25) is 21.8 Å². The van der Waals surface area contributed by atoms with Crippen molar-refractivity contribution in [2.45, 2.75) is 65.6 Å². The number of carbonyl (C=O) groups is 2. The van der Waals surface area contributed by atoms with Crippen molar-refractivity contribution < 1.29 is 18.0 Å². The molecule has 2 aromatic rings. The van der Waals surface area contributed by atoms with Gasteiger partial charge in [-0.05, 0) is 63.4 Å². The van der Waals surface area contributed by atoms with Gasteiger partial charge in [0.15, 0.2) is 0 Å². The molecule has 0 heterocycles. The number of benzene rings is 2. The van der Waals surface area contributed by atoms with Crippen molar-refractivity contribution in [2.24, 2.45) is 0 Å². The molecular formula is C26H34Cl3N3O4S. The van der Waals surface area contributed by atoms with Crippen LogP contribution in [0.15, 0.2) is 36.4 Å². The summed E-state index contributed by atoms with van der Waals surface area (Å²) in [6.45, 7) is 7.40. The summed E-state index contributed by atoms with van der Waals surface area (Å²) < 4.78 is 26.4. The molecule has 0 saturated heterocycles. The van der Waals surface area contributed by atoms with Crippen LogP contribution in [-0.4, -0.2) is 50.0 Å². The molecular weight excluding hydrogens is 557 g/mol. The summed E-state index contributed by atoms with van der Waals surface area (Å²) in [4.78, 5) is 27.8. The Labute approximate surface area is 235 Å². The molecule has 2 aromatic carbocycles. The van der Waals surface area contributed by atoms with Crippen molar-refractivity contribution in [1.29, 1.82) is 0 Å². The number of nitrogens with one attached hydrogen (secondary N) is 1. The number of hydrogen-bond acceptors (Lipinski definition) is 4. The summed E-state index contributed by atoms with van der Waals surface area (Å²) in [5, 5.41) is 4.10. The number of carbonyl (C=O) groups excluding carboxylic acids is 2. The third kappa shape index (κ3) is 8.77. The van der Waals surface area contributed by atoms with Gasteiger partial charge in [0, 0.05) is 46.2 Å². The molecule has 0 fully saturated rings. The third-order valence-corrected chi connectivity index (χ3v) is 8.27. The maximum atomic E-state index is 13.4. The van der Waals surface area contributed by atoms with Crippen molar-refractivity contribution in [3.8, 4) is 0 Å². The van der Waals surface area contributed by atoms with E-state index in [0.717, 1.165) is 18.2 Å². The highest BCUT2D eigenvalue weighted by atomic mass is 35.5. The molecule has 11 heteroatoms. The topological polar surface area (TPSA) is 86.8 Å². The first-order valence-electron chi connectivity index (χ1n) is 12.0. The van der Waals surface area contributed by atoms with E-state index in [2.05, 4.69) is 5.32 Å². The van der Waals surface area contributed by atoms with Crippen molar-refractivity contribution in [3.63, 3.8) is 0 Å². The lowest BCUT2D eigenvalue weighted by atomic mass is 10.1. The van der Waals surface area contributed by atoms with Gasteiger partial charge >= 0.3 is 0 Å². The maximum Gasteiger partial charge on any atom is 0.242 e. The van der Waals surface area contributed by atoms with Gasteiger partial charge in [0.05, 0.1) is 11.9 Å². The van der Waals surface area contributed by atoms with Crippen molar-refractivity contribution in [3.05, 3.63) is 62.6 Å². The number of nitrogens with zero attached hydrogens (tertiary/aromatic N) is 2. The average molecular weight is 591 g/mol. The normalized spacial score (nSPS) is 13.1. The fraction of sp³-hybridized carbons (Fsp3) is 0.462. The summed E-state index contributed by atoms with van der Waals surface area (Å²) in [6.07, 6.45) is 2.09. The highest BCUT2D eigenvalue weighted by Crippen LogP contribution is 2.28. The van der Waals surface area contributed by atoms with Crippen LogP contribution in [0.25, 0.3) is 0 Å². The highest BCUT2D eigenvalue weighted by Gasteiger charge is 2.28. The SMILES string of the molecule is CC[C@H](C)NC(=O)[C@@H](C)N(Cc1c(Cl)cccc1Cl)C(=O)CCCN(c1cc(Cl)ccc1C)S(C)(=O)=O. The van der Waals surface area contributed by atoms with Gasteiger partial charge in [-0.15, -0.1) is 0 Å². The zero-order valence-electron chi connectivity index (χ0n) is 21.7. The number of rotatable bonds is 12. The van der Waals surface area contributed by atoms with E-state index in [1.165, 1.54) is 9.21 Å². The smallest absolute Gasteiger partial charge is 0.242 e. The Morgan fingerprint density at radius 3 is 2.24 bits per heavy atom. The predicted molar refractivity (Wildman–Crippen MR) is 152 cm³/mol. The van der Waals surface area contributed by atoms with Crippen molar-refractivity contribution >= 4 is 62.3 Å². The van der Waals surface area contributed by atoms with Gasteiger partial charge in [-0.2, -0.15) is 0 Å². The second-order valence-electron chi connectivity index (χ2n) is 9.09. The lowest BCUT2D eigenvalue weighted by molar-refractivity contribution is -0.140. The summed E-state index contributed by atoms with van der Waals surface area (Å²) >= 11 is 18.8. The molecule has 204 valence electrons. The number of halogens is 3. The van der Waals surface area contributed by atoms with E-state index < -0.39 is 16.1 Å². The Kier molecular flexibility index (Phi) is 11.6. The third-order valence-electron chi connectivity index (χ3n) is 6.15. The summed E-state index contributed by atoms with van der Waals surface area (Å²) in [6, 6.07) is 9.22. The number of hydrogen-bond donors (Lipinski definition) is 1. The van der Waals surface area contributed by atoms with Gasteiger partial charge in [-0.25, -0.2) is 8.42 Å². The lowest BCUT2D eigenvalue weighted by Gasteiger charge is -2.31. The number of anilines is 1. The highest BCUT2D eigenvalue weighted by molar-refractivity contribution is 7.92. The summed E-state index contributed by atoms with van der Waals surface area (Å²) in [7, 11) is -3.63. The Morgan fingerprint density at radius 2 is 1.68 bits per heavy atom. The second-order valence-corrected chi connectivity index (χ2v) is 12.2. The van der Waals surface area contributed by atoms with Gasteiger partial charge in [-0.1, -0.05) is 53.9 Å². The van der Waals surface area contributed by atoms with Crippen LogP contribution in [0.4, 0.5) is 5.69 Å². The summed E-state index contributed by atoms with van der Waals surface area (Å²) in [5.41, 5.74) is 1.74. The molecule has 2 rings (SSSR count). The van der Waals surface area contributed by atoms with Crippen LogP contribution >= 0.6 is 34.8 Å². The van der Waals surface area contributed by atoms with Gasteiger partial charge in [0.1, 0.15) is 6.04 Å². The van der Waals surface area contributed by atoms with Crippen LogP contribution in [0.1, 0.15) is 51.2 Å². The molecule has 7 nitrogen and oxygen atoms in total. The lowest BCUT2D eigenvalue weighted by Crippen LogP contribution is -2.49. The van der Waals surface area contributed by atoms with E-state index in [9.17, 15) is 18.0 Å². The van der Waals surface area contributed by atoms with Crippen LogP contribution in [0, 0.1) is 6.92 Å². The Balaban J connectivity index is 2.26. The van der Waals surface area contributed by atoms with Crippen molar-refractivity contribution in [2.75, 3.05) is 17.1 Å². The Bertz CT molecular complexity index is 1200. The molecule has 0 bridgehead atoms. The fourth-order valence-corrected chi connectivity index (χ4v) is 5.43. The summed E-state index contributed by atoms with van der Waals surface area (Å²) in [5.74, 6) is -0.614. The Hall–Kier alpha value is -2.00.